The molecule has 2 heterocycles. The first-order valence-electron chi connectivity index (χ1n) is 10.5. The Hall–Kier alpha value is -2.32. The quantitative estimate of drug-likeness (QED) is 0.322. The number of hydrogen-bond acceptors (Lipinski definition) is 8. The van der Waals surface area contributed by atoms with Gasteiger partial charge < -0.3 is 29.9 Å². The van der Waals surface area contributed by atoms with E-state index in [4.69, 9.17) is 14.6 Å². The zero-order valence-electron chi connectivity index (χ0n) is 18.0. The number of nitrogens with one attached hydrogen (secondary N) is 1. The second-order valence-corrected chi connectivity index (χ2v) is 8.89. The highest BCUT2D eigenvalue weighted by Crippen LogP contribution is 2.36. The van der Waals surface area contributed by atoms with E-state index in [1.807, 2.05) is 29.4 Å². The third kappa shape index (κ3) is 6.02. The van der Waals surface area contributed by atoms with Gasteiger partial charge in [0.05, 0.1) is 0 Å². The largest absolute Gasteiger partial charge is 0.479 e. The molecule has 9 nitrogen and oxygen atoms in total. The minimum atomic E-state index is -4.78. The van der Waals surface area contributed by atoms with Gasteiger partial charge in [-0.2, -0.15) is 13.2 Å². The van der Waals surface area contributed by atoms with Gasteiger partial charge in [0.25, 0.3) is 0 Å². The first-order chi connectivity index (χ1) is 16.0. The molecule has 5 N–H and O–H groups in total. The lowest BCUT2D eigenvalue weighted by molar-refractivity contribution is -0.271. The number of aryl methyl sites for hydroxylation is 1. The number of carbonyl (C=O) groups is 1. The van der Waals surface area contributed by atoms with Crippen LogP contribution in [0, 0.1) is 0 Å². The Bertz CT molecular complexity index is 970. The highest BCUT2D eigenvalue weighted by Gasteiger charge is 2.49. The molecule has 1 aliphatic rings. The molecular formula is C21H25F3N2O7S. The third-order valence-corrected chi connectivity index (χ3v) is 6.43. The maximum atomic E-state index is 13.5. The van der Waals surface area contributed by atoms with Gasteiger partial charge in [-0.05, 0) is 42.7 Å². The lowest BCUT2D eigenvalue weighted by Gasteiger charge is -2.38. The van der Waals surface area contributed by atoms with Crippen LogP contribution in [0.3, 0.4) is 0 Å². The number of benzene rings is 1. The number of thioether (sulfide) groups is 1. The van der Waals surface area contributed by atoms with Crippen LogP contribution in [0.15, 0.2) is 29.2 Å². The maximum Gasteiger partial charge on any atom is 0.433 e. The first kappa shape index (κ1) is 26.3. The third-order valence-electron chi connectivity index (χ3n) is 5.21. The summed E-state index contributed by atoms with van der Waals surface area (Å²) in [6.45, 7) is 2.06. The van der Waals surface area contributed by atoms with Crippen molar-refractivity contribution < 1.29 is 47.9 Å². The minimum Gasteiger partial charge on any atom is -0.479 e. The summed E-state index contributed by atoms with van der Waals surface area (Å²) in [7, 11) is 0. The van der Waals surface area contributed by atoms with E-state index < -0.39 is 54.4 Å². The fourth-order valence-electron chi connectivity index (χ4n) is 3.41. The molecule has 1 aromatic heterocycles. The molecular weight excluding hydrogens is 481 g/mol. The Morgan fingerprint density at radius 2 is 1.82 bits per heavy atom. The van der Waals surface area contributed by atoms with Crippen molar-refractivity contribution in [1.29, 1.82) is 0 Å². The van der Waals surface area contributed by atoms with E-state index in [0.717, 1.165) is 22.6 Å². The van der Waals surface area contributed by atoms with Crippen molar-refractivity contribution in [3.63, 3.8) is 0 Å². The summed E-state index contributed by atoms with van der Waals surface area (Å²) >= 11 is 1.67. The molecule has 3 rings (SSSR count). The average Bonchev–Trinajstić information content (AvgIpc) is 3.20. The zero-order chi connectivity index (χ0) is 25.0. The molecule has 1 aliphatic heterocycles. The number of aliphatic hydroxyl groups excluding tert-OH is 3. The van der Waals surface area contributed by atoms with Crippen molar-refractivity contribution in [1.82, 2.24) is 10.2 Å². The summed E-state index contributed by atoms with van der Waals surface area (Å²) in [5.41, 5.74) is -0.724. The van der Waals surface area contributed by atoms with E-state index in [1.165, 1.54) is 0 Å². The fourth-order valence-corrected chi connectivity index (χ4v) is 4.18. The van der Waals surface area contributed by atoms with Gasteiger partial charge in [0.15, 0.2) is 6.10 Å². The molecule has 1 saturated heterocycles. The van der Waals surface area contributed by atoms with Crippen LogP contribution in [0.5, 0.6) is 5.88 Å². The SMILES string of the molecule is CCCSc1ccc(CCc2c(O[C@@H]3O[C@H](C(=O)O)[C@@H](O)[C@H](O)[C@H]3O)n[nH]c2C(F)(F)F)cc1. The molecule has 188 valence electrons. The maximum absolute atomic E-state index is 13.5. The summed E-state index contributed by atoms with van der Waals surface area (Å²) in [6.07, 6.45) is -13.4. The van der Waals surface area contributed by atoms with E-state index >= 15 is 0 Å². The fraction of sp³-hybridized carbons (Fsp3) is 0.524. The van der Waals surface area contributed by atoms with E-state index in [9.17, 15) is 33.3 Å². The zero-order valence-corrected chi connectivity index (χ0v) is 18.8. The first-order valence-corrected chi connectivity index (χ1v) is 11.5. The van der Waals surface area contributed by atoms with Gasteiger partial charge in [-0.1, -0.05) is 19.1 Å². The van der Waals surface area contributed by atoms with Gasteiger partial charge in [0.1, 0.15) is 24.0 Å². The predicted molar refractivity (Wildman–Crippen MR) is 113 cm³/mol. The van der Waals surface area contributed by atoms with Crippen molar-refractivity contribution in [2.45, 2.75) is 68.0 Å². The monoisotopic (exact) mass is 506 g/mol. The smallest absolute Gasteiger partial charge is 0.433 e. The van der Waals surface area contributed by atoms with E-state index in [1.54, 1.807) is 11.8 Å². The van der Waals surface area contributed by atoms with Crippen LogP contribution in [0.1, 0.15) is 30.2 Å². The van der Waals surface area contributed by atoms with E-state index in [-0.39, 0.29) is 18.4 Å². The van der Waals surface area contributed by atoms with Gasteiger partial charge >= 0.3 is 12.1 Å². The molecule has 13 heteroatoms. The second kappa shape index (κ2) is 11.0. The van der Waals surface area contributed by atoms with Crippen LogP contribution in [-0.4, -0.2) is 73.1 Å². The van der Waals surface area contributed by atoms with E-state index in [2.05, 4.69) is 12.0 Å². The summed E-state index contributed by atoms with van der Waals surface area (Å²) < 4.78 is 50.9. The Kier molecular flexibility index (Phi) is 8.47. The van der Waals surface area contributed by atoms with Gasteiger partial charge in [0, 0.05) is 10.5 Å². The molecule has 5 atom stereocenters. The van der Waals surface area contributed by atoms with E-state index in [0.29, 0.717) is 0 Å². The number of aromatic amines is 1. The number of alkyl halides is 3. The van der Waals surface area contributed by atoms with Crippen molar-refractivity contribution in [2.24, 2.45) is 0 Å². The van der Waals surface area contributed by atoms with Crippen LogP contribution >= 0.6 is 11.8 Å². The summed E-state index contributed by atoms with van der Waals surface area (Å²) in [4.78, 5) is 12.3. The summed E-state index contributed by atoms with van der Waals surface area (Å²) in [5, 5.41) is 44.3. The highest BCUT2D eigenvalue weighted by molar-refractivity contribution is 7.99. The number of ether oxygens (including phenoxy) is 2. The molecule has 0 spiro atoms. The lowest BCUT2D eigenvalue weighted by atomic mass is 9.99. The Balaban J connectivity index is 1.80. The van der Waals surface area contributed by atoms with Crippen molar-refractivity contribution in [3.05, 3.63) is 41.1 Å². The van der Waals surface area contributed by atoms with Crippen LogP contribution in [0.25, 0.3) is 0 Å². The van der Waals surface area contributed by atoms with Gasteiger partial charge in [-0.3, -0.25) is 5.10 Å². The molecule has 0 radical (unpaired) electrons. The number of carboxylic acid groups (broad SMARTS) is 1. The lowest BCUT2D eigenvalue weighted by Crippen LogP contribution is -2.61. The number of aliphatic hydroxyl groups is 3. The van der Waals surface area contributed by atoms with Gasteiger partial charge in [-0.25, -0.2) is 4.79 Å². The van der Waals surface area contributed by atoms with Gasteiger partial charge in [0.2, 0.25) is 12.2 Å². The molecule has 2 aromatic rings. The van der Waals surface area contributed by atoms with Crippen molar-refractivity contribution >= 4 is 17.7 Å². The van der Waals surface area contributed by atoms with Crippen molar-refractivity contribution in [2.75, 3.05) is 5.75 Å². The normalized spacial score (nSPS) is 25.3. The molecule has 1 aromatic carbocycles. The predicted octanol–water partition coefficient (Wildman–Crippen LogP) is 1.99. The van der Waals surface area contributed by atoms with Crippen molar-refractivity contribution in [3.8, 4) is 5.88 Å². The standard InChI is InChI=1S/C21H25F3N2O7S/c1-2-9-34-11-6-3-10(4-7-11)5-8-12-17(21(22,23)24)25-26-18(12)33-20-15(29)13(27)14(28)16(32-20)19(30)31/h3-4,6-7,13-16,20,27-29H,2,5,8-9H2,1H3,(H,25,26)(H,30,31)/t13-,14-,15+,16-,20-/m0/s1. The molecule has 0 aliphatic carbocycles. The number of aromatic nitrogens is 2. The number of hydrogen-bond donors (Lipinski definition) is 5. The molecule has 0 amide bonds. The topological polar surface area (TPSA) is 145 Å². The van der Waals surface area contributed by atoms with Crippen LogP contribution in [0.4, 0.5) is 13.2 Å². The number of H-pyrrole nitrogens is 1. The molecule has 0 bridgehead atoms. The molecule has 1 fully saturated rings. The second-order valence-electron chi connectivity index (χ2n) is 7.73. The number of carboxylic acids is 1. The molecule has 0 unspecified atom stereocenters. The van der Waals surface area contributed by atoms with Crippen LogP contribution in [-0.2, 0) is 28.5 Å². The number of rotatable bonds is 9. The Labute approximate surface area is 196 Å². The van der Waals surface area contributed by atoms with Gasteiger partial charge in [-0.15, -0.1) is 16.9 Å². The highest BCUT2D eigenvalue weighted by atomic mass is 32.2. The minimum absolute atomic E-state index is 0.140. The average molecular weight is 506 g/mol. The summed E-state index contributed by atoms with van der Waals surface area (Å²) in [6, 6.07) is 7.40. The molecule has 0 saturated carbocycles. The number of nitrogens with zero attached hydrogens (tertiary/aromatic N) is 1. The van der Waals surface area contributed by atoms with Crippen LogP contribution < -0.4 is 4.74 Å². The Morgan fingerprint density at radius 1 is 1.15 bits per heavy atom. The number of halogens is 3. The number of aliphatic carboxylic acids is 1. The molecule has 34 heavy (non-hydrogen) atoms. The summed E-state index contributed by atoms with van der Waals surface area (Å²) in [5.74, 6) is -1.25. The Morgan fingerprint density at radius 3 is 2.41 bits per heavy atom. The van der Waals surface area contributed by atoms with Crippen LogP contribution in [0.2, 0.25) is 0 Å².